The molecule has 0 N–H and O–H groups in total. The van der Waals surface area contributed by atoms with Gasteiger partial charge in [0, 0.05) is 11.1 Å². The number of aromatic nitrogens is 1. The first-order chi connectivity index (χ1) is 27.8. The van der Waals surface area contributed by atoms with Crippen LogP contribution in [0.15, 0.2) is 224 Å². The van der Waals surface area contributed by atoms with Crippen molar-refractivity contribution in [3.8, 4) is 44.8 Å². The van der Waals surface area contributed by atoms with E-state index in [-0.39, 0.29) is 0 Å². The zero-order chi connectivity index (χ0) is 37.1. The highest BCUT2D eigenvalue weighted by atomic mass is 14.7. The fourth-order valence-electron chi connectivity index (χ4n) is 10.0. The minimum absolute atomic E-state index is 0.462. The number of hydrogen-bond donors (Lipinski definition) is 0. The third-order valence-electron chi connectivity index (χ3n) is 12.3. The molecule has 11 rings (SSSR count). The largest absolute Gasteiger partial charge is 0.248 e. The van der Waals surface area contributed by atoms with Crippen LogP contribution in [0, 0.1) is 0 Å². The molecule has 2 aliphatic rings. The minimum Gasteiger partial charge on any atom is -0.248 e. The molecule has 0 atom stereocenters. The molecule has 0 saturated heterocycles. The predicted molar refractivity (Wildman–Crippen MR) is 230 cm³/mol. The second kappa shape index (κ2) is 12.8. The van der Waals surface area contributed by atoms with Gasteiger partial charge in [-0.3, -0.25) is 0 Å². The molecule has 1 aromatic heterocycles. The quantitative estimate of drug-likeness (QED) is 0.167. The average molecular weight is 712 g/mol. The summed E-state index contributed by atoms with van der Waals surface area (Å²) in [5.74, 6) is 0. The van der Waals surface area contributed by atoms with Gasteiger partial charge in [-0.1, -0.05) is 200 Å². The van der Waals surface area contributed by atoms with E-state index in [1.54, 1.807) is 0 Å². The van der Waals surface area contributed by atoms with Gasteiger partial charge in [0.05, 0.1) is 22.2 Å². The van der Waals surface area contributed by atoms with Crippen LogP contribution in [0.25, 0.3) is 44.8 Å². The Balaban J connectivity index is 1.06. The summed E-state index contributed by atoms with van der Waals surface area (Å²) in [5.41, 5.74) is 18.6. The summed E-state index contributed by atoms with van der Waals surface area (Å²) < 4.78 is 0. The monoisotopic (exact) mass is 711 g/mol. The minimum atomic E-state index is -0.462. The van der Waals surface area contributed by atoms with Crippen molar-refractivity contribution in [2.45, 2.75) is 10.8 Å². The molecule has 1 nitrogen and oxygen atoms in total. The zero-order valence-electron chi connectivity index (χ0n) is 30.8. The smallest absolute Gasteiger partial charge is 0.0713 e. The number of nitrogens with zero attached hydrogens (tertiary/aromatic N) is 1. The average Bonchev–Trinajstić information content (AvgIpc) is 3.76. The highest BCUT2D eigenvalue weighted by Crippen LogP contribution is 2.57. The van der Waals surface area contributed by atoms with Crippen LogP contribution < -0.4 is 0 Å². The van der Waals surface area contributed by atoms with E-state index in [0.717, 1.165) is 22.5 Å². The second-order valence-corrected chi connectivity index (χ2v) is 15.0. The Morgan fingerprint density at radius 1 is 0.250 bits per heavy atom. The fraction of sp³-hybridized carbons (Fsp3) is 0.0364. The molecular weight excluding hydrogens is 675 g/mol. The Labute approximate surface area is 328 Å². The molecule has 0 saturated carbocycles. The van der Waals surface area contributed by atoms with Crippen LogP contribution >= 0.6 is 0 Å². The van der Waals surface area contributed by atoms with E-state index in [2.05, 4.69) is 224 Å². The summed E-state index contributed by atoms with van der Waals surface area (Å²) in [4.78, 5) is 5.42. The molecule has 56 heavy (non-hydrogen) atoms. The molecule has 0 fully saturated rings. The van der Waals surface area contributed by atoms with Crippen LogP contribution in [0.4, 0.5) is 0 Å². The molecule has 0 spiro atoms. The lowest BCUT2D eigenvalue weighted by Crippen LogP contribution is -2.28. The zero-order valence-corrected chi connectivity index (χ0v) is 30.8. The lowest BCUT2D eigenvalue weighted by Gasteiger charge is -2.34. The molecule has 0 aliphatic heterocycles. The Morgan fingerprint density at radius 3 is 0.929 bits per heavy atom. The lowest BCUT2D eigenvalue weighted by molar-refractivity contribution is 0.768. The maximum atomic E-state index is 5.42. The summed E-state index contributed by atoms with van der Waals surface area (Å²) in [6.07, 6.45) is 0. The van der Waals surface area contributed by atoms with Crippen LogP contribution in [0.5, 0.6) is 0 Å². The second-order valence-electron chi connectivity index (χ2n) is 15.0. The van der Waals surface area contributed by atoms with Crippen molar-refractivity contribution in [3.63, 3.8) is 0 Å². The molecular formula is C55H37N. The van der Waals surface area contributed by atoms with E-state index in [1.807, 2.05) is 0 Å². The Bertz CT molecular complexity index is 2630. The van der Waals surface area contributed by atoms with Crippen LogP contribution in [-0.2, 0) is 10.8 Å². The van der Waals surface area contributed by atoms with E-state index in [1.165, 1.54) is 66.8 Å². The molecule has 0 radical (unpaired) electrons. The Hall–Kier alpha value is -7.09. The summed E-state index contributed by atoms with van der Waals surface area (Å²) in [5, 5.41) is 0. The van der Waals surface area contributed by atoms with Gasteiger partial charge in [-0.25, -0.2) is 4.98 Å². The van der Waals surface area contributed by atoms with Crippen LogP contribution in [0.1, 0.15) is 44.5 Å². The standard InChI is InChI=1S/C55H37N/c1-3-20-40(21-4-1)54(48-30-11-7-26-44(48)45-27-8-12-31-49(45)54)42-24-15-18-38(36-42)52-34-17-35-53(56-52)39-19-16-25-43(37-39)55(41-22-5-2-6-23-41)50-32-13-9-28-46(50)47-29-10-14-33-51(47)55/h1-37H. The van der Waals surface area contributed by atoms with Gasteiger partial charge in [0.25, 0.3) is 0 Å². The summed E-state index contributed by atoms with van der Waals surface area (Å²) in [6, 6.07) is 82.2. The summed E-state index contributed by atoms with van der Waals surface area (Å²) >= 11 is 0. The van der Waals surface area contributed by atoms with Gasteiger partial charge in [0.1, 0.15) is 0 Å². The highest BCUT2D eigenvalue weighted by Gasteiger charge is 2.47. The molecule has 8 aromatic carbocycles. The fourth-order valence-corrected chi connectivity index (χ4v) is 10.0. The van der Waals surface area contributed by atoms with Crippen molar-refractivity contribution in [1.29, 1.82) is 0 Å². The van der Waals surface area contributed by atoms with Gasteiger partial charge in [-0.05, 0) is 91.0 Å². The van der Waals surface area contributed by atoms with Crippen molar-refractivity contribution < 1.29 is 0 Å². The van der Waals surface area contributed by atoms with Gasteiger partial charge in [0.2, 0.25) is 0 Å². The number of hydrogen-bond acceptors (Lipinski definition) is 1. The van der Waals surface area contributed by atoms with E-state index < -0.39 is 10.8 Å². The van der Waals surface area contributed by atoms with E-state index in [0.29, 0.717) is 0 Å². The summed E-state index contributed by atoms with van der Waals surface area (Å²) in [6.45, 7) is 0. The molecule has 9 aromatic rings. The molecule has 0 unspecified atom stereocenters. The Morgan fingerprint density at radius 2 is 0.554 bits per heavy atom. The van der Waals surface area contributed by atoms with Crippen LogP contribution in [0.3, 0.4) is 0 Å². The number of rotatable bonds is 6. The number of fused-ring (bicyclic) bond motifs is 6. The molecule has 2 aliphatic carbocycles. The topological polar surface area (TPSA) is 12.9 Å². The first-order valence-electron chi connectivity index (χ1n) is 19.5. The Kier molecular flexibility index (Phi) is 7.37. The van der Waals surface area contributed by atoms with Crippen LogP contribution in [0.2, 0.25) is 0 Å². The third-order valence-corrected chi connectivity index (χ3v) is 12.3. The van der Waals surface area contributed by atoms with E-state index in [4.69, 9.17) is 4.98 Å². The summed E-state index contributed by atoms with van der Waals surface area (Å²) in [7, 11) is 0. The maximum Gasteiger partial charge on any atom is 0.0713 e. The van der Waals surface area contributed by atoms with Gasteiger partial charge in [-0.15, -0.1) is 0 Å². The normalized spacial score (nSPS) is 14.0. The number of pyridine rings is 1. The first kappa shape index (κ1) is 32.3. The maximum absolute atomic E-state index is 5.42. The molecule has 0 amide bonds. The molecule has 1 heteroatoms. The van der Waals surface area contributed by atoms with Gasteiger partial charge < -0.3 is 0 Å². The predicted octanol–water partition coefficient (Wildman–Crippen LogP) is 13.1. The van der Waals surface area contributed by atoms with Crippen molar-refractivity contribution in [1.82, 2.24) is 4.98 Å². The number of benzene rings is 8. The van der Waals surface area contributed by atoms with Gasteiger partial charge in [0.15, 0.2) is 0 Å². The van der Waals surface area contributed by atoms with Crippen molar-refractivity contribution in [2.24, 2.45) is 0 Å². The van der Waals surface area contributed by atoms with Gasteiger partial charge >= 0.3 is 0 Å². The first-order valence-corrected chi connectivity index (χ1v) is 19.5. The molecule has 1 heterocycles. The van der Waals surface area contributed by atoms with Crippen LogP contribution in [-0.4, -0.2) is 4.98 Å². The SMILES string of the molecule is c1ccc(C2(c3cccc(-c4cccc(-c5cccc(C6(c7ccccc7)c7ccccc7-c7ccccc76)c5)n4)c3)c3ccccc3-c3ccccc32)cc1. The van der Waals surface area contributed by atoms with Crippen molar-refractivity contribution in [3.05, 3.63) is 269 Å². The third kappa shape index (κ3) is 4.58. The lowest BCUT2D eigenvalue weighted by atomic mass is 9.67. The van der Waals surface area contributed by atoms with Crippen molar-refractivity contribution >= 4 is 0 Å². The van der Waals surface area contributed by atoms with E-state index >= 15 is 0 Å². The van der Waals surface area contributed by atoms with Crippen molar-refractivity contribution in [2.75, 3.05) is 0 Å². The molecule has 262 valence electrons. The molecule has 0 bridgehead atoms. The highest BCUT2D eigenvalue weighted by molar-refractivity contribution is 5.88. The van der Waals surface area contributed by atoms with E-state index in [9.17, 15) is 0 Å². The van der Waals surface area contributed by atoms with Gasteiger partial charge in [-0.2, -0.15) is 0 Å².